The average Bonchev–Trinajstić information content (AvgIpc) is 3.62. The lowest BCUT2D eigenvalue weighted by Gasteiger charge is -2.25. The molecule has 2 aromatic carbocycles. The Balaban J connectivity index is 1.63. The minimum absolute atomic E-state index is 0.00400. The number of aliphatic hydroxyl groups is 1. The number of benzene rings is 2. The number of carbonyl (C=O) groups excluding carboxylic acids is 2. The molecule has 0 unspecified atom stereocenters. The Hall–Kier alpha value is -4.46. The summed E-state index contributed by atoms with van der Waals surface area (Å²) in [6.45, 7) is 8.23. The van der Waals surface area contributed by atoms with Gasteiger partial charge in [-0.05, 0) is 67.4 Å². The number of carbonyl (C=O) groups is 2. The number of amides is 1. The number of hydrogen-bond acceptors (Lipinski definition) is 7. The Labute approximate surface area is 220 Å². The molecule has 0 saturated carbocycles. The van der Waals surface area contributed by atoms with Crippen molar-refractivity contribution in [1.82, 2.24) is 4.90 Å². The molecule has 3 aromatic rings. The van der Waals surface area contributed by atoms with E-state index in [1.54, 1.807) is 48.5 Å². The van der Waals surface area contributed by atoms with Gasteiger partial charge in [0.2, 0.25) is 0 Å². The van der Waals surface area contributed by atoms with Crippen molar-refractivity contribution in [3.05, 3.63) is 95.5 Å². The van der Waals surface area contributed by atoms with E-state index < -0.39 is 17.7 Å². The summed E-state index contributed by atoms with van der Waals surface area (Å²) >= 11 is 0. The maximum atomic E-state index is 13.4. The monoisotopic (exact) mass is 515 g/mol. The van der Waals surface area contributed by atoms with Gasteiger partial charge < -0.3 is 28.6 Å². The van der Waals surface area contributed by atoms with Gasteiger partial charge in [-0.1, -0.05) is 18.7 Å². The van der Waals surface area contributed by atoms with Crippen LogP contribution in [-0.2, 0) is 22.6 Å². The van der Waals surface area contributed by atoms with Crippen LogP contribution in [0.1, 0.15) is 42.3 Å². The number of Topliss-reactive ketones (excluding diaryl/α,β-unsaturated/α-hetero) is 1. The number of furan rings is 1. The predicted octanol–water partition coefficient (Wildman–Crippen LogP) is 5.19. The molecule has 1 amide bonds. The molecule has 1 N–H and O–H groups in total. The maximum absolute atomic E-state index is 13.4. The Kier molecular flexibility index (Phi) is 6.96. The summed E-state index contributed by atoms with van der Waals surface area (Å²) in [6, 6.07) is 13.1. The topological polar surface area (TPSA) is 98.4 Å². The SMILES string of the molecule is C=CCOc1ccc([C@H]2/C(=C(\O)c3ccc4c(c3)C[C@H](C)O4)C(=O)C(=O)N2Cc2ccco2)cc1OCC. The van der Waals surface area contributed by atoms with Crippen molar-refractivity contribution in [3.63, 3.8) is 0 Å². The zero-order chi connectivity index (χ0) is 26.8. The highest BCUT2D eigenvalue weighted by Crippen LogP contribution is 2.43. The lowest BCUT2D eigenvalue weighted by molar-refractivity contribution is -0.140. The molecule has 1 aromatic heterocycles. The number of rotatable bonds is 9. The van der Waals surface area contributed by atoms with E-state index in [4.69, 9.17) is 18.6 Å². The molecule has 0 radical (unpaired) electrons. The van der Waals surface area contributed by atoms with Crippen LogP contribution < -0.4 is 14.2 Å². The Morgan fingerprint density at radius 2 is 2.00 bits per heavy atom. The number of fused-ring (bicyclic) bond motifs is 1. The van der Waals surface area contributed by atoms with Crippen molar-refractivity contribution in [2.24, 2.45) is 0 Å². The zero-order valence-electron chi connectivity index (χ0n) is 21.3. The molecular formula is C30H29NO7. The third-order valence-corrected chi connectivity index (χ3v) is 6.56. The van der Waals surface area contributed by atoms with E-state index in [1.165, 1.54) is 11.2 Å². The van der Waals surface area contributed by atoms with Crippen molar-refractivity contribution in [2.75, 3.05) is 13.2 Å². The number of ketones is 1. The first-order valence-electron chi connectivity index (χ1n) is 12.5. The number of nitrogens with zero attached hydrogens (tertiary/aromatic N) is 1. The van der Waals surface area contributed by atoms with Gasteiger partial charge in [0.1, 0.15) is 30.0 Å². The highest BCUT2D eigenvalue weighted by Gasteiger charge is 2.46. The lowest BCUT2D eigenvalue weighted by Crippen LogP contribution is -2.29. The number of hydrogen-bond donors (Lipinski definition) is 1. The second-order valence-electron chi connectivity index (χ2n) is 9.20. The predicted molar refractivity (Wildman–Crippen MR) is 140 cm³/mol. The van der Waals surface area contributed by atoms with Crippen molar-refractivity contribution in [1.29, 1.82) is 0 Å². The highest BCUT2D eigenvalue weighted by atomic mass is 16.5. The lowest BCUT2D eigenvalue weighted by atomic mass is 9.94. The standard InChI is InChI=1S/C30H29NO7/c1-4-12-37-24-11-8-19(16-25(24)35-5-2)27-26(29(33)30(34)31(27)17-22-7-6-13-36-22)28(32)20-9-10-23-21(15-20)14-18(3)38-23/h4,6-11,13,15-16,18,27,32H,1,5,12,14,17H2,2-3H3/b28-26+/t18-,27-/m0/s1. The Bertz CT molecular complexity index is 1410. The van der Waals surface area contributed by atoms with Crippen molar-refractivity contribution in [2.45, 2.75) is 39.0 Å². The molecule has 0 bridgehead atoms. The number of likely N-dealkylation sites (tertiary alicyclic amines) is 1. The maximum Gasteiger partial charge on any atom is 0.296 e. The van der Waals surface area contributed by atoms with Crippen LogP contribution in [0.15, 0.2) is 77.4 Å². The summed E-state index contributed by atoms with van der Waals surface area (Å²) in [5.41, 5.74) is 1.96. The molecule has 2 atom stereocenters. The van der Waals surface area contributed by atoms with Gasteiger partial charge in [-0.2, -0.15) is 0 Å². The van der Waals surface area contributed by atoms with Crippen molar-refractivity contribution in [3.8, 4) is 17.2 Å². The van der Waals surface area contributed by atoms with Crippen molar-refractivity contribution >= 4 is 17.4 Å². The molecule has 1 saturated heterocycles. The molecule has 0 aliphatic carbocycles. The molecule has 2 aliphatic heterocycles. The van der Waals surface area contributed by atoms with Crippen LogP contribution in [0.3, 0.4) is 0 Å². The van der Waals surface area contributed by atoms with Crippen molar-refractivity contribution < 1.29 is 33.3 Å². The molecule has 1 fully saturated rings. The normalized spacial score (nSPS) is 19.8. The van der Waals surface area contributed by atoms with E-state index in [9.17, 15) is 14.7 Å². The van der Waals surface area contributed by atoms with E-state index in [0.717, 1.165) is 11.3 Å². The van der Waals surface area contributed by atoms with Gasteiger partial charge in [-0.15, -0.1) is 0 Å². The molecule has 196 valence electrons. The van der Waals surface area contributed by atoms with Gasteiger partial charge in [0.05, 0.1) is 31.0 Å². The van der Waals surface area contributed by atoms with E-state index in [-0.39, 0.29) is 30.6 Å². The minimum atomic E-state index is -0.879. The summed E-state index contributed by atoms with van der Waals surface area (Å²) in [5.74, 6) is 0.481. The van der Waals surface area contributed by atoms with E-state index in [0.29, 0.717) is 41.4 Å². The van der Waals surface area contributed by atoms with Crippen LogP contribution in [0.2, 0.25) is 0 Å². The average molecular weight is 516 g/mol. The third kappa shape index (κ3) is 4.65. The van der Waals surface area contributed by atoms with Gasteiger partial charge in [-0.3, -0.25) is 9.59 Å². The molecule has 0 spiro atoms. The Morgan fingerprint density at radius 1 is 1.16 bits per heavy atom. The first-order valence-corrected chi connectivity index (χ1v) is 12.5. The molecular weight excluding hydrogens is 486 g/mol. The molecule has 38 heavy (non-hydrogen) atoms. The van der Waals surface area contributed by atoms with Crippen LogP contribution >= 0.6 is 0 Å². The van der Waals surface area contributed by atoms with Crippen LogP contribution in [0.25, 0.3) is 5.76 Å². The molecule has 2 aliphatic rings. The van der Waals surface area contributed by atoms with Crippen LogP contribution in [-0.4, -0.2) is 41.0 Å². The quantitative estimate of drug-likeness (QED) is 0.181. The second kappa shape index (κ2) is 10.5. The zero-order valence-corrected chi connectivity index (χ0v) is 21.3. The molecule has 8 heteroatoms. The van der Waals surface area contributed by atoms with Crippen LogP contribution in [0, 0.1) is 0 Å². The summed E-state index contributed by atoms with van der Waals surface area (Å²) in [6.07, 6.45) is 3.86. The first-order chi connectivity index (χ1) is 18.4. The van der Waals surface area contributed by atoms with E-state index in [2.05, 4.69) is 6.58 Å². The smallest absolute Gasteiger partial charge is 0.296 e. The third-order valence-electron chi connectivity index (χ3n) is 6.56. The first kappa shape index (κ1) is 25.2. The van der Waals surface area contributed by atoms with Gasteiger partial charge in [0.25, 0.3) is 11.7 Å². The molecule has 8 nitrogen and oxygen atoms in total. The van der Waals surface area contributed by atoms with Gasteiger partial charge in [-0.25, -0.2) is 0 Å². The van der Waals surface area contributed by atoms with Gasteiger partial charge in [0.15, 0.2) is 11.5 Å². The summed E-state index contributed by atoms with van der Waals surface area (Å²) in [4.78, 5) is 28.1. The van der Waals surface area contributed by atoms with E-state index >= 15 is 0 Å². The minimum Gasteiger partial charge on any atom is -0.507 e. The summed E-state index contributed by atoms with van der Waals surface area (Å²) in [5, 5.41) is 11.5. The highest BCUT2D eigenvalue weighted by molar-refractivity contribution is 6.46. The fourth-order valence-corrected chi connectivity index (χ4v) is 4.92. The number of aliphatic hydroxyl groups excluding tert-OH is 1. The van der Waals surface area contributed by atoms with Crippen LogP contribution in [0.4, 0.5) is 0 Å². The molecule has 5 rings (SSSR count). The summed E-state index contributed by atoms with van der Waals surface area (Å²) < 4.78 is 22.8. The number of ether oxygens (including phenoxy) is 3. The summed E-state index contributed by atoms with van der Waals surface area (Å²) in [7, 11) is 0. The fourth-order valence-electron chi connectivity index (χ4n) is 4.92. The van der Waals surface area contributed by atoms with E-state index in [1.807, 2.05) is 19.9 Å². The Morgan fingerprint density at radius 3 is 2.74 bits per heavy atom. The fraction of sp³-hybridized carbons (Fsp3) is 0.267. The second-order valence-corrected chi connectivity index (χ2v) is 9.20. The van der Waals surface area contributed by atoms with Gasteiger partial charge in [0, 0.05) is 12.0 Å². The largest absolute Gasteiger partial charge is 0.507 e. The molecule has 3 heterocycles. The van der Waals surface area contributed by atoms with Gasteiger partial charge >= 0.3 is 0 Å². The van der Waals surface area contributed by atoms with Crippen LogP contribution in [0.5, 0.6) is 17.2 Å².